The Morgan fingerprint density at radius 2 is 2.06 bits per heavy atom. The van der Waals surface area contributed by atoms with Crippen LogP contribution in [0.15, 0.2) is 24.5 Å². The zero-order chi connectivity index (χ0) is 11.2. The summed E-state index contributed by atoms with van der Waals surface area (Å²) in [7, 11) is 0. The third kappa shape index (κ3) is 1.64. The number of halogens is 1. The molecule has 1 N–H and O–H groups in total. The topological polar surface area (TPSA) is 50.2 Å². The second-order valence-corrected chi connectivity index (χ2v) is 5.34. The Morgan fingerprint density at radius 3 is 2.47 bits per heavy atom. The highest BCUT2D eigenvalue weighted by molar-refractivity contribution is 5.85. The first kappa shape index (κ1) is 12.4. The molecule has 1 heterocycles. The molecule has 4 heteroatoms. The number of aromatic nitrogens is 1. The molecule has 2 aliphatic rings. The smallest absolute Gasteiger partial charge is 0.314 e. The van der Waals surface area contributed by atoms with Gasteiger partial charge >= 0.3 is 5.97 Å². The summed E-state index contributed by atoms with van der Waals surface area (Å²) in [5.41, 5.74) is 0.586. The van der Waals surface area contributed by atoms with E-state index < -0.39 is 11.4 Å². The van der Waals surface area contributed by atoms with Crippen LogP contribution in [0.2, 0.25) is 0 Å². The summed E-state index contributed by atoms with van der Waals surface area (Å²) in [6.45, 7) is 0. The standard InChI is InChI=1S/C13H15NO2.ClH/c15-11(16)13(10-3-1-6-14-7-10)8-12(9-13)4-2-5-12;/h1,3,6-7H,2,4-5,8-9H2,(H,15,16);1H. The highest BCUT2D eigenvalue weighted by Gasteiger charge is 2.61. The van der Waals surface area contributed by atoms with Crippen LogP contribution in [0.4, 0.5) is 0 Å². The van der Waals surface area contributed by atoms with E-state index >= 15 is 0 Å². The second-order valence-electron chi connectivity index (χ2n) is 5.34. The van der Waals surface area contributed by atoms with Crippen molar-refractivity contribution in [3.8, 4) is 0 Å². The fraction of sp³-hybridized carbons (Fsp3) is 0.538. The number of nitrogens with zero attached hydrogens (tertiary/aromatic N) is 1. The van der Waals surface area contributed by atoms with Gasteiger partial charge in [-0.2, -0.15) is 0 Å². The summed E-state index contributed by atoms with van der Waals surface area (Å²) in [5.74, 6) is -0.682. The molecule has 0 unspecified atom stereocenters. The Bertz CT molecular complexity index is 420. The summed E-state index contributed by atoms with van der Waals surface area (Å²) >= 11 is 0. The van der Waals surface area contributed by atoms with Gasteiger partial charge in [-0.3, -0.25) is 9.78 Å². The van der Waals surface area contributed by atoms with E-state index in [1.165, 1.54) is 19.3 Å². The molecule has 0 saturated heterocycles. The van der Waals surface area contributed by atoms with Crippen molar-refractivity contribution < 1.29 is 9.90 Å². The monoisotopic (exact) mass is 253 g/mol. The molecule has 0 aliphatic heterocycles. The minimum Gasteiger partial charge on any atom is -0.481 e. The van der Waals surface area contributed by atoms with Crippen LogP contribution in [0, 0.1) is 5.41 Å². The Kier molecular flexibility index (Phi) is 2.90. The van der Waals surface area contributed by atoms with E-state index in [0.29, 0.717) is 5.41 Å². The van der Waals surface area contributed by atoms with E-state index in [1.54, 1.807) is 12.4 Å². The average Bonchev–Trinajstić information content (AvgIpc) is 2.15. The minimum atomic E-state index is -0.682. The predicted octanol–water partition coefficient (Wildman–Crippen LogP) is 2.79. The van der Waals surface area contributed by atoms with Gasteiger partial charge in [0.1, 0.15) is 0 Å². The van der Waals surface area contributed by atoms with Gasteiger partial charge in [0.25, 0.3) is 0 Å². The summed E-state index contributed by atoms with van der Waals surface area (Å²) in [6.07, 6.45) is 8.70. The molecule has 0 bridgehead atoms. The van der Waals surface area contributed by atoms with E-state index in [-0.39, 0.29) is 12.4 Å². The lowest BCUT2D eigenvalue weighted by atomic mass is 9.44. The average molecular weight is 254 g/mol. The lowest BCUT2D eigenvalue weighted by molar-refractivity contribution is -0.160. The molecule has 3 nitrogen and oxygen atoms in total. The molecule has 0 amide bonds. The van der Waals surface area contributed by atoms with E-state index in [4.69, 9.17) is 0 Å². The number of pyridine rings is 1. The number of carbonyl (C=O) groups is 1. The van der Waals surface area contributed by atoms with Crippen LogP contribution in [0.25, 0.3) is 0 Å². The van der Waals surface area contributed by atoms with Crippen LogP contribution in [0.5, 0.6) is 0 Å². The minimum absolute atomic E-state index is 0. The zero-order valence-electron chi connectivity index (χ0n) is 9.56. The molecule has 0 atom stereocenters. The van der Waals surface area contributed by atoms with Crippen LogP contribution >= 0.6 is 12.4 Å². The quantitative estimate of drug-likeness (QED) is 0.882. The zero-order valence-corrected chi connectivity index (χ0v) is 10.4. The van der Waals surface area contributed by atoms with Crippen molar-refractivity contribution in [2.24, 2.45) is 5.41 Å². The summed E-state index contributed by atoms with van der Waals surface area (Å²) in [5, 5.41) is 9.46. The van der Waals surface area contributed by atoms with Crippen molar-refractivity contribution in [3.63, 3.8) is 0 Å². The maximum Gasteiger partial charge on any atom is 0.314 e. The first-order valence-electron chi connectivity index (χ1n) is 5.81. The van der Waals surface area contributed by atoms with Gasteiger partial charge in [0, 0.05) is 12.4 Å². The van der Waals surface area contributed by atoms with Crippen LogP contribution < -0.4 is 0 Å². The highest BCUT2D eigenvalue weighted by atomic mass is 35.5. The van der Waals surface area contributed by atoms with Gasteiger partial charge in [0.05, 0.1) is 5.41 Å². The van der Waals surface area contributed by atoms with Crippen molar-refractivity contribution in [2.45, 2.75) is 37.5 Å². The number of aliphatic carboxylic acids is 1. The molecule has 3 rings (SSSR count). The Morgan fingerprint density at radius 1 is 1.35 bits per heavy atom. The summed E-state index contributed by atoms with van der Waals surface area (Å²) in [6, 6.07) is 3.72. The van der Waals surface area contributed by atoms with Gasteiger partial charge in [-0.25, -0.2) is 0 Å². The van der Waals surface area contributed by atoms with Crippen molar-refractivity contribution >= 4 is 18.4 Å². The second kappa shape index (κ2) is 3.98. The summed E-state index contributed by atoms with van der Waals surface area (Å²) < 4.78 is 0. The van der Waals surface area contributed by atoms with Crippen LogP contribution in [0.1, 0.15) is 37.7 Å². The predicted molar refractivity (Wildman–Crippen MR) is 66.3 cm³/mol. The first-order chi connectivity index (χ1) is 7.67. The number of carboxylic acids is 1. The molecule has 0 aromatic carbocycles. The van der Waals surface area contributed by atoms with Gasteiger partial charge in [0.15, 0.2) is 0 Å². The Balaban J connectivity index is 0.00000108. The van der Waals surface area contributed by atoms with E-state index in [0.717, 1.165) is 18.4 Å². The van der Waals surface area contributed by atoms with Gasteiger partial charge in [-0.1, -0.05) is 12.5 Å². The first-order valence-corrected chi connectivity index (χ1v) is 5.81. The van der Waals surface area contributed by atoms with Gasteiger partial charge in [0.2, 0.25) is 0 Å². The maximum atomic E-state index is 11.5. The van der Waals surface area contributed by atoms with Crippen LogP contribution in [-0.4, -0.2) is 16.1 Å². The Hall–Kier alpha value is -1.09. The SMILES string of the molecule is Cl.O=C(O)C1(c2cccnc2)CC2(CCC2)C1. The number of hydrogen-bond donors (Lipinski definition) is 1. The molecule has 2 fully saturated rings. The third-order valence-electron chi connectivity index (χ3n) is 4.39. The summed E-state index contributed by atoms with van der Waals surface area (Å²) in [4.78, 5) is 15.5. The van der Waals surface area contributed by atoms with Gasteiger partial charge in [-0.05, 0) is 42.7 Å². The highest BCUT2D eigenvalue weighted by Crippen LogP contribution is 2.64. The lowest BCUT2D eigenvalue weighted by Crippen LogP contribution is -2.57. The Labute approximate surface area is 107 Å². The molecule has 1 spiro atoms. The lowest BCUT2D eigenvalue weighted by Gasteiger charge is -2.59. The number of rotatable bonds is 2. The fourth-order valence-corrected chi connectivity index (χ4v) is 3.38. The van der Waals surface area contributed by atoms with E-state index in [9.17, 15) is 9.90 Å². The van der Waals surface area contributed by atoms with Crippen LogP contribution in [-0.2, 0) is 10.2 Å². The van der Waals surface area contributed by atoms with Crippen molar-refractivity contribution in [1.29, 1.82) is 0 Å². The molecule has 17 heavy (non-hydrogen) atoms. The normalized spacial score (nSPS) is 23.1. The van der Waals surface area contributed by atoms with Crippen molar-refractivity contribution in [3.05, 3.63) is 30.1 Å². The fourth-order valence-electron chi connectivity index (χ4n) is 3.38. The maximum absolute atomic E-state index is 11.5. The van der Waals surface area contributed by atoms with Gasteiger partial charge < -0.3 is 5.11 Å². The molecular weight excluding hydrogens is 238 g/mol. The third-order valence-corrected chi connectivity index (χ3v) is 4.39. The molecule has 2 aliphatic carbocycles. The molecule has 1 aromatic rings. The van der Waals surface area contributed by atoms with Gasteiger partial charge in [-0.15, -0.1) is 12.4 Å². The van der Waals surface area contributed by atoms with Crippen molar-refractivity contribution in [1.82, 2.24) is 4.98 Å². The van der Waals surface area contributed by atoms with Crippen LogP contribution in [0.3, 0.4) is 0 Å². The number of hydrogen-bond acceptors (Lipinski definition) is 2. The largest absolute Gasteiger partial charge is 0.481 e. The molecular formula is C13H16ClNO2. The van der Waals surface area contributed by atoms with E-state index in [1.807, 2.05) is 12.1 Å². The van der Waals surface area contributed by atoms with Crippen molar-refractivity contribution in [2.75, 3.05) is 0 Å². The number of carboxylic acid groups (broad SMARTS) is 1. The molecule has 1 aromatic heterocycles. The van der Waals surface area contributed by atoms with E-state index in [2.05, 4.69) is 4.98 Å². The molecule has 2 saturated carbocycles. The molecule has 92 valence electrons. The molecule has 0 radical (unpaired) electrons.